The summed E-state index contributed by atoms with van der Waals surface area (Å²) in [7, 11) is 0. The van der Waals surface area contributed by atoms with E-state index in [2.05, 4.69) is 53.2 Å². The number of pyridine rings is 1. The summed E-state index contributed by atoms with van der Waals surface area (Å²) in [5, 5.41) is 9.29. The second-order valence-electron chi connectivity index (χ2n) is 5.58. The molecule has 1 heterocycles. The van der Waals surface area contributed by atoms with E-state index >= 15 is 0 Å². The Morgan fingerprint density at radius 2 is 1.95 bits per heavy atom. The number of aromatic nitrogens is 1. The minimum Gasteiger partial charge on any atom is -0.395 e. The maximum Gasteiger partial charge on any atom is 0.0558 e. The first kappa shape index (κ1) is 15.7. The second kappa shape index (κ2) is 7.91. The van der Waals surface area contributed by atoms with Crippen molar-refractivity contribution < 1.29 is 5.11 Å². The highest BCUT2D eigenvalue weighted by Gasteiger charge is 2.12. The summed E-state index contributed by atoms with van der Waals surface area (Å²) in [6.45, 7) is 6.93. The highest BCUT2D eigenvalue weighted by molar-refractivity contribution is 5.20. The maximum atomic E-state index is 9.29. The van der Waals surface area contributed by atoms with Crippen molar-refractivity contribution >= 4 is 0 Å². The number of aryl methyl sites for hydroxylation is 1. The van der Waals surface area contributed by atoms with E-state index in [0.717, 1.165) is 18.8 Å². The third-order valence-corrected chi connectivity index (χ3v) is 3.69. The molecule has 0 aliphatic heterocycles. The third-order valence-electron chi connectivity index (χ3n) is 3.69. The van der Waals surface area contributed by atoms with Crippen LogP contribution in [0, 0.1) is 6.92 Å². The molecule has 0 spiro atoms. The lowest BCUT2D eigenvalue weighted by atomic mass is 10.0. The number of benzene rings is 1. The third kappa shape index (κ3) is 4.96. The number of hydrogen-bond donors (Lipinski definition) is 1. The molecule has 1 N–H and O–H groups in total. The number of hydrogen-bond acceptors (Lipinski definition) is 3. The molecule has 0 bridgehead atoms. The molecule has 1 atom stereocenters. The van der Waals surface area contributed by atoms with Crippen molar-refractivity contribution in [3.63, 3.8) is 0 Å². The fourth-order valence-electron chi connectivity index (χ4n) is 2.58. The molecular formula is C18H24N2O. The predicted octanol–water partition coefficient (Wildman–Crippen LogP) is 2.99. The minimum atomic E-state index is 0.189. The molecule has 1 unspecified atom stereocenters. The number of aliphatic hydroxyl groups is 1. The normalized spacial score (nSPS) is 12.6. The quantitative estimate of drug-likeness (QED) is 0.849. The number of aliphatic hydroxyl groups excluding tert-OH is 1. The van der Waals surface area contributed by atoms with Gasteiger partial charge < -0.3 is 5.11 Å². The zero-order chi connectivity index (χ0) is 15.1. The van der Waals surface area contributed by atoms with Gasteiger partial charge in [-0.15, -0.1) is 0 Å². The summed E-state index contributed by atoms with van der Waals surface area (Å²) in [6, 6.07) is 14.6. The van der Waals surface area contributed by atoms with Crippen molar-refractivity contribution in [1.82, 2.24) is 9.88 Å². The molecule has 0 fully saturated rings. The Morgan fingerprint density at radius 3 is 2.62 bits per heavy atom. The van der Waals surface area contributed by atoms with Crippen LogP contribution in [0.15, 0.2) is 48.7 Å². The molecule has 0 aliphatic rings. The number of nitrogens with zero attached hydrogens (tertiary/aromatic N) is 2. The van der Waals surface area contributed by atoms with E-state index in [4.69, 9.17) is 0 Å². The molecule has 2 rings (SSSR count). The molecule has 3 nitrogen and oxygen atoms in total. The first-order chi connectivity index (χ1) is 10.2. The molecule has 0 radical (unpaired) electrons. The number of rotatable bonds is 7. The van der Waals surface area contributed by atoms with Crippen molar-refractivity contribution in [2.24, 2.45) is 0 Å². The van der Waals surface area contributed by atoms with E-state index in [0.29, 0.717) is 12.5 Å². The Kier molecular flexibility index (Phi) is 5.90. The fraction of sp³-hybridized carbons (Fsp3) is 0.389. The molecular weight excluding hydrogens is 260 g/mol. The molecule has 21 heavy (non-hydrogen) atoms. The van der Waals surface area contributed by atoms with Gasteiger partial charge in [0, 0.05) is 31.5 Å². The van der Waals surface area contributed by atoms with E-state index in [9.17, 15) is 5.11 Å². The molecule has 0 saturated carbocycles. The summed E-state index contributed by atoms with van der Waals surface area (Å²) in [4.78, 5) is 6.55. The first-order valence-corrected chi connectivity index (χ1v) is 7.48. The van der Waals surface area contributed by atoms with Gasteiger partial charge in [-0.05, 0) is 36.1 Å². The van der Waals surface area contributed by atoms with E-state index in [1.54, 1.807) is 0 Å². The molecule has 0 aliphatic carbocycles. The van der Waals surface area contributed by atoms with Gasteiger partial charge in [-0.2, -0.15) is 0 Å². The summed E-state index contributed by atoms with van der Waals surface area (Å²) in [5.74, 6) is 0.418. The lowest BCUT2D eigenvalue weighted by Crippen LogP contribution is -2.30. The highest BCUT2D eigenvalue weighted by atomic mass is 16.3. The van der Waals surface area contributed by atoms with Crippen molar-refractivity contribution in [1.29, 1.82) is 0 Å². The van der Waals surface area contributed by atoms with Crippen molar-refractivity contribution in [3.8, 4) is 0 Å². The molecule has 1 aromatic heterocycles. The lowest BCUT2D eigenvalue weighted by molar-refractivity contribution is 0.184. The van der Waals surface area contributed by atoms with E-state index in [-0.39, 0.29) is 6.61 Å². The largest absolute Gasteiger partial charge is 0.395 e. The van der Waals surface area contributed by atoms with Crippen molar-refractivity contribution in [2.45, 2.75) is 26.3 Å². The lowest BCUT2D eigenvalue weighted by Gasteiger charge is -2.25. The van der Waals surface area contributed by atoms with Gasteiger partial charge in [0.1, 0.15) is 0 Å². The van der Waals surface area contributed by atoms with Crippen LogP contribution in [0.2, 0.25) is 0 Å². The van der Waals surface area contributed by atoms with Crippen LogP contribution >= 0.6 is 0 Å². The Labute approximate surface area is 127 Å². The van der Waals surface area contributed by atoms with Crippen LogP contribution in [-0.4, -0.2) is 34.7 Å². The van der Waals surface area contributed by atoms with Crippen LogP contribution in [0.5, 0.6) is 0 Å². The van der Waals surface area contributed by atoms with Crippen LogP contribution < -0.4 is 0 Å². The van der Waals surface area contributed by atoms with Gasteiger partial charge in [-0.1, -0.05) is 37.3 Å². The molecule has 0 saturated heterocycles. The standard InChI is InChI=1S/C18H24N2O/c1-15(18-8-9-19-16(2)12-18)13-20(10-11-21)14-17-6-4-3-5-7-17/h3-9,12,15,21H,10-11,13-14H2,1-2H3. The summed E-state index contributed by atoms with van der Waals surface area (Å²) >= 11 is 0. The van der Waals surface area contributed by atoms with Crippen LogP contribution in [0.1, 0.15) is 29.7 Å². The second-order valence-corrected chi connectivity index (χ2v) is 5.58. The van der Waals surface area contributed by atoms with Gasteiger partial charge in [-0.3, -0.25) is 9.88 Å². The van der Waals surface area contributed by atoms with E-state index in [1.807, 2.05) is 19.2 Å². The fourth-order valence-corrected chi connectivity index (χ4v) is 2.58. The monoisotopic (exact) mass is 284 g/mol. The van der Waals surface area contributed by atoms with Gasteiger partial charge in [-0.25, -0.2) is 0 Å². The van der Waals surface area contributed by atoms with Crippen LogP contribution in [0.3, 0.4) is 0 Å². The van der Waals surface area contributed by atoms with E-state index in [1.165, 1.54) is 11.1 Å². The predicted molar refractivity (Wildman–Crippen MR) is 86.2 cm³/mol. The topological polar surface area (TPSA) is 36.4 Å². The zero-order valence-corrected chi connectivity index (χ0v) is 12.9. The SMILES string of the molecule is Cc1cc(C(C)CN(CCO)Cc2ccccc2)ccn1. The van der Waals surface area contributed by atoms with Crippen molar-refractivity contribution in [2.75, 3.05) is 19.7 Å². The van der Waals surface area contributed by atoms with Gasteiger partial charge in [0.05, 0.1) is 6.61 Å². The minimum absolute atomic E-state index is 0.189. The Morgan fingerprint density at radius 1 is 1.19 bits per heavy atom. The summed E-state index contributed by atoms with van der Waals surface area (Å²) < 4.78 is 0. The van der Waals surface area contributed by atoms with Gasteiger partial charge in [0.15, 0.2) is 0 Å². The summed E-state index contributed by atoms with van der Waals surface area (Å²) in [5.41, 5.74) is 3.64. The molecule has 3 heteroatoms. The average molecular weight is 284 g/mol. The Balaban J connectivity index is 2.02. The van der Waals surface area contributed by atoms with Crippen LogP contribution in [0.25, 0.3) is 0 Å². The smallest absolute Gasteiger partial charge is 0.0558 e. The Bertz CT molecular complexity index is 542. The average Bonchev–Trinajstić information content (AvgIpc) is 2.48. The van der Waals surface area contributed by atoms with Crippen LogP contribution in [-0.2, 0) is 6.54 Å². The Hall–Kier alpha value is -1.71. The van der Waals surface area contributed by atoms with Gasteiger partial charge in [0.2, 0.25) is 0 Å². The molecule has 2 aromatic rings. The maximum absolute atomic E-state index is 9.29. The van der Waals surface area contributed by atoms with Crippen LogP contribution in [0.4, 0.5) is 0 Å². The summed E-state index contributed by atoms with van der Waals surface area (Å²) in [6.07, 6.45) is 1.87. The zero-order valence-electron chi connectivity index (χ0n) is 12.9. The van der Waals surface area contributed by atoms with E-state index < -0.39 is 0 Å². The molecule has 1 aromatic carbocycles. The molecule has 112 valence electrons. The van der Waals surface area contributed by atoms with Crippen molar-refractivity contribution in [3.05, 3.63) is 65.5 Å². The van der Waals surface area contributed by atoms with Gasteiger partial charge in [0.25, 0.3) is 0 Å². The molecule has 0 amide bonds. The highest BCUT2D eigenvalue weighted by Crippen LogP contribution is 2.18. The van der Waals surface area contributed by atoms with Gasteiger partial charge >= 0.3 is 0 Å². The first-order valence-electron chi connectivity index (χ1n) is 7.48.